The van der Waals surface area contributed by atoms with Gasteiger partial charge >= 0.3 is 0 Å². The summed E-state index contributed by atoms with van der Waals surface area (Å²) < 4.78 is 6.91. The van der Waals surface area contributed by atoms with E-state index in [9.17, 15) is 5.11 Å². The third-order valence-corrected chi connectivity index (χ3v) is 5.73. The molecule has 104 valence electrons. The molecule has 0 spiro atoms. The average Bonchev–Trinajstić information content (AvgIpc) is 2.99. The fourth-order valence-electron chi connectivity index (χ4n) is 3.55. The van der Waals surface area contributed by atoms with Crippen molar-refractivity contribution in [2.45, 2.75) is 32.3 Å². The molecule has 3 heteroatoms. The molecule has 20 heavy (non-hydrogen) atoms. The molecule has 0 aliphatic heterocycles. The van der Waals surface area contributed by atoms with Crippen LogP contribution in [0.5, 0.6) is 5.75 Å². The average molecular weight is 286 g/mol. The van der Waals surface area contributed by atoms with Crippen LogP contribution < -0.4 is 4.74 Å². The largest absolute Gasteiger partial charge is 0.494 e. The highest BCUT2D eigenvalue weighted by Gasteiger charge is 2.34. The zero-order valence-electron chi connectivity index (χ0n) is 11.6. The summed E-state index contributed by atoms with van der Waals surface area (Å²) in [5, 5.41) is 11.4. The summed E-state index contributed by atoms with van der Waals surface area (Å²) in [5.74, 6) is 1.32. The molecule has 0 saturated carbocycles. The molecule has 2 nitrogen and oxygen atoms in total. The fourth-order valence-corrected chi connectivity index (χ4v) is 4.93. The zero-order chi connectivity index (χ0) is 13.7. The summed E-state index contributed by atoms with van der Waals surface area (Å²) in [4.78, 5) is 1.40. The minimum Gasteiger partial charge on any atom is -0.494 e. The minimum atomic E-state index is -0.164. The molecule has 1 heterocycles. The zero-order valence-corrected chi connectivity index (χ0v) is 12.4. The fraction of sp³-hybridized carbons (Fsp3) is 0.412. The summed E-state index contributed by atoms with van der Waals surface area (Å²) in [7, 11) is 0. The van der Waals surface area contributed by atoms with Crippen LogP contribution in [0.25, 0.3) is 15.7 Å². The lowest BCUT2D eigenvalue weighted by atomic mass is 9.84. The molecular weight excluding hydrogens is 268 g/mol. The number of rotatable bonds is 2. The summed E-state index contributed by atoms with van der Waals surface area (Å²) in [6, 6.07) is 6.42. The lowest BCUT2D eigenvalue weighted by Crippen LogP contribution is -2.19. The van der Waals surface area contributed by atoms with Crippen LogP contribution in [-0.2, 0) is 6.42 Å². The van der Waals surface area contributed by atoms with Crippen molar-refractivity contribution in [1.29, 1.82) is 0 Å². The molecule has 4 rings (SSSR count). The number of fused-ring (bicyclic) bond motifs is 5. The third kappa shape index (κ3) is 1.73. The van der Waals surface area contributed by atoms with Gasteiger partial charge in [0.25, 0.3) is 0 Å². The molecule has 1 aromatic carbocycles. The van der Waals surface area contributed by atoms with Gasteiger partial charge in [0.1, 0.15) is 5.75 Å². The van der Waals surface area contributed by atoms with Gasteiger partial charge in [-0.2, -0.15) is 0 Å². The number of ether oxygens (including phenoxy) is 1. The highest BCUT2D eigenvalue weighted by Crippen LogP contribution is 2.48. The summed E-state index contributed by atoms with van der Waals surface area (Å²) in [6.07, 6.45) is 5.06. The van der Waals surface area contributed by atoms with Crippen LogP contribution in [0, 0.1) is 5.92 Å². The molecule has 0 saturated heterocycles. The number of aryl methyl sites for hydroxylation is 1. The number of thiophene rings is 1. The second kappa shape index (κ2) is 4.61. The number of hydrogen-bond acceptors (Lipinski definition) is 3. The summed E-state index contributed by atoms with van der Waals surface area (Å²) in [6.45, 7) is 2.72. The first kappa shape index (κ1) is 12.4. The van der Waals surface area contributed by atoms with Crippen molar-refractivity contribution in [2.75, 3.05) is 6.61 Å². The maximum Gasteiger partial charge on any atom is 0.120 e. The monoisotopic (exact) mass is 286 g/mol. The standard InChI is InChI=1S/C17H18O2S/c1-2-19-10-3-4-12-14-6-5-11-13(7-8-15(11)18)17(14)20-16(12)9-10/h3-4,7,9,11,15,18H,2,5-6,8H2,1H3/t11?,15-/m0/s1. The predicted octanol–water partition coefficient (Wildman–Crippen LogP) is 4.01. The molecular formula is C17H18O2S. The summed E-state index contributed by atoms with van der Waals surface area (Å²) >= 11 is 1.86. The molecule has 0 bridgehead atoms. The van der Waals surface area contributed by atoms with E-state index < -0.39 is 0 Å². The highest BCUT2D eigenvalue weighted by atomic mass is 32.1. The molecule has 2 aliphatic rings. The van der Waals surface area contributed by atoms with E-state index in [0.717, 1.165) is 25.0 Å². The van der Waals surface area contributed by atoms with Crippen LogP contribution in [0.4, 0.5) is 0 Å². The minimum absolute atomic E-state index is 0.164. The number of aliphatic hydroxyl groups excluding tert-OH is 1. The molecule has 1 unspecified atom stereocenters. The van der Waals surface area contributed by atoms with Crippen LogP contribution in [0.3, 0.4) is 0 Å². The molecule has 1 aromatic heterocycles. The maximum atomic E-state index is 10.1. The maximum absolute atomic E-state index is 10.1. The van der Waals surface area contributed by atoms with Gasteiger partial charge in [0.05, 0.1) is 12.7 Å². The van der Waals surface area contributed by atoms with E-state index in [4.69, 9.17) is 4.74 Å². The van der Waals surface area contributed by atoms with Crippen LogP contribution in [0.1, 0.15) is 30.2 Å². The van der Waals surface area contributed by atoms with Crippen molar-refractivity contribution in [2.24, 2.45) is 5.92 Å². The Morgan fingerprint density at radius 1 is 1.40 bits per heavy atom. The van der Waals surface area contributed by atoms with E-state index in [1.807, 2.05) is 18.3 Å². The Labute approximate surface area is 122 Å². The Kier molecular flexibility index (Phi) is 2.86. The Morgan fingerprint density at radius 2 is 2.30 bits per heavy atom. The first-order valence-electron chi connectivity index (χ1n) is 7.34. The number of hydrogen-bond donors (Lipinski definition) is 1. The van der Waals surface area contributed by atoms with Crippen molar-refractivity contribution in [3.05, 3.63) is 34.7 Å². The Balaban J connectivity index is 1.85. The molecule has 2 atom stereocenters. The first-order valence-corrected chi connectivity index (χ1v) is 8.16. The summed E-state index contributed by atoms with van der Waals surface area (Å²) in [5.41, 5.74) is 2.86. The van der Waals surface area contributed by atoms with Gasteiger partial charge in [-0.15, -0.1) is 11.3 Å². The van der Waals surface area contributed by atoms with Gasteiger partial charge in [-0.25, -0.2) is 0 Å². The quantitative estimate of drug-likeness (QED) is 0.904. The molecule has 1 N–H and O–H groups in total. The van der Waals surface area contributed by atoms with Crippen LogP contribution in [-0.4, -0.2) is 17.8 Å². The third-order valence-electron chi connectivity index (χ3n) is 4.49. The van der Waals surface area contributed by atoms with Crippen molar-refractivity contribution < 1.29 is 9.84 Å². The smallest absolute Gasteiger partial charge is 0.120 e. The number of benzene rings is 1. The van der Waals surface area contributed by atoms with Gasteiger partial charge in [0.15, 0.2) is 0 Å². The van der Waals surface area contributed by atoms with Crippen molar-refractivity contribution >= 4 is 27.0 Å². The van der Waals surface area contributed by atoms with Gasteiger partial charge in [0, 0.05) is 15.5 Å². The van der Waals surface area contributed by atoms with Crippen LogP contribution >= 0.6 is 11.3 Å². The van der Waals surface area contributed by atoms with Crippen LogP contribution in [0.2, 0.25) is 0 Å². The van der Waals surface area contributed by atoms with Crippen molar-refractivity contribution in [3.8, 4) is 5.75 Å². The Morgan fingerprint density at radius 3 is 3.15 bits per heavy atom. The normalized spacial score (nSPS) is 24.4. The topological polar surface area (TPSA) is 29.5 Å². The van der Waals surface area contributed by atoms with Crippen molar-refractivity contribution in [1.82, 2.24) is 0 Å². The molecule has 0 fully saturated rings. The van der Waals surface area contributed by atoms with Gasteiger partial charge < -0.3 is 9.84 Å². The number of aliphatic hydroxyl groups is 1. The van der Waals surface area contributed by atoms with E-state index in [0.29, 0.717) is 12.5 Å². The van der Waals surface area contributed by atoms with E-state index in [1.54, 1.807) is 0 Å². The van der Waals surface area contributed by atoms with Gasteiger partial charge in [-0.1, -0.05) is 6.08 Å². The van der Waals surface area contributed by atoms with Gasteiger partial charge in [-0.3, -0.25) is 0 Å². The van der Waals surface area contributed by atoms with E-state index >= 15 is 0 Å². The van der Waals surface area contributed by atoms with Gasteiger partial charge in [0.2, 0.25) is 0 Å². The lowest BCUT2D eigenvalue weighted by Gasteiger charge is -2.24. The molecule has 0 amide bonds. The first-order chi connectivity index (χ1) is 9.78. The SMILES string of the molecule is CCOc1ccc2c3c(sc2c1)C1=CC[C@H](O)C1CC3. The van der Waals surface area contributed by atoms with Gasteiger partial charge in [-0.05, 0) is 60.9 Å². The van der Waals surface area contributed by atoms with E-state index in [1.165, 1.54) is 26.1 Å². The predicted molar refractivity (Wildman–Crippen MR) is 83.4 cm³/mol. The van der Waals surface area contributed by atoms with E-state index in [2.05, 4.69) is 24.3 Å². The Hall–Kier alpha value is -1.32. The van der Waals surface area contributed by atoms with Crippen molar-refractivity contribution in [3.63, 3.8) is 0 Å². The molecule has 0 radical (unpaired) electrons. The van der Waals surface area contributed by atoms with Crippen LogP contribution in [0.15, 0.2) is 24.3 Å². The Bertz CT molecular complexity index is 698. The van der Waals surface area contributed by atoms with E-state index in [-0.39, 0.29) is 6.10 Å². The molecule has 2 aliphatic carbocycles. The second-order valence-electron chi connectivity index (χ2n) is 5.61. The molecule has 2 aromatic rings. The second-order valence-corrected chi connectivity index (χ2v) is 6.66. The lowest BCUT2D eigenvalue weighted by molar-refractivity contribution is 0.141. The highest BCUT2D eigenvalue weighted by molar-refractivity contribution is 7.20.